The van der Waals surface area contributed by atoms with Gasteiger partial charge in [-0.1, -0.05) is 54.6 Å². The van der Waals surface area contributed by atoms with Crippen LogP contribution in [0.15, 0.2) is 60.3 Å². The molecule has 0 aromatic heterocycles. The molecule has 1 aliphatic carbocycles. The molecule has 1 aliphatic rings. The van der Waals surface area contributed by atoms with Crippen LogP contribution in [0.1, 0.15) is 12.0 Å². The molecule has 1 atom stereocenters. The zero-order valence-corrected chi connectivity index (χ0v) is 9.14. The minimum atomic E-state index is -0.450. The Labute approximate surface area is 96.0 Å². The molecule has 4 N–H and O–H groups in total. The average molecular weight is 212 g/mol. The highest BCUT2D eigenvalue weighted by atomic mass is 14.7. The molecule has 0 saturated heterocycles. The fraction of sp³-hybridized carbons (Fsp3) is 0.143. The van der Waals surface area contributed by atoms with Gasteiger partial charge >= 0.3 is 0 Å². The molecule has 1 aromatic rings. The van der Waals surface area contributed by atoms with Crippen LogP contribution in [0.5, 0.6) is 0 Å². The Bertz CT molecular complexity index is 443. The van der Waals surface area contributed by atoms with Crippen LogP contribution in [0.2, 0.25) is 0 Å². The van der Waals surface area contributed by atoms with Crippen LogP contribution in [0.4, 0.5) is 0 Å². The van der Waals surface area contributed by atoms with Crippen molar-refractivity contribution in [2.45, 2.75) is 12.0 Å². The molecule has 2 heteroatoms. The van der Waals surface area contributed by atoms with Crippen molar-refractivity contribution in [3.63, 3.8) is 0 Å². The zero-order chi connectivity index (χ0) is 11.4. The van der Waals surface area contributed by atoms with Gasteiger partial charge in [-0.3, -0.25) is 0 Å². The van der Waals surface area contributed by atoms with Gasteiger partial charge in [0.1, 0.15) is 0 Å². The Morgan fingerprint density at radius 2 is 1.94 bits per heavy atom. The molecular weight excluding hydrogens is 196 g/mol. The molecule has 82 valence electrons. The summed E-state index contributed by atoms with van der Waals surface area (Å²) in [5.74, 6) is 0. The highest BCUT2D eigenvalue weighted by Crippen LogP contribution is 2.20. The smallest absolute Gasteiger partial charge is 0.0586 e. The normalized spacial score (nSPS) is 24.7. The summed E-state index contributed by atoms with van der Waals surface area (Å²) >= 11 is 0. The van der Waals surface area contributed by atoms with Crippen LogP contribution in [0, 0.1) is 0 Å². The van der Waals surface area contributed by atoms with Crippen LogP contribution in [-0.2, 0) is 0 Å². The largest absolute Gasteiger partial charge is 0.402 e. The van der Waals surface area contributed by atoms with Crippen LogP contribution in [0.3, 0.4) is 0 Å². The molecule has 1 unspecified atom stereocenters. The number of hydrogen-bond donors (Lipinski definition) is 2. The maximum atomic E-state index is 6.20. The average Bonchev–Trinajstić information content (AvgIpc) is 2.28. The standard InChI is InChI=1S/C14H16N2/c15-13-7-4-9-14(16,11-13)10-8-12-5-2-1-3-6-12/h1-10H,11,15-16H2. The second-order valence-electron chi connectivity index (χ2n) is 4.13. The van der Waals surface area contributed by atoms with Crippen LogP contribution in [-0.4, -0.2) is 5.54 Å². The maximum Gasteiger partial charge on any atom is 0.0586 e. The van der Waals surface area contributed by atoms with Gasteiger partial charge in [-0.05, 0) is 11.6 Å². The summed E-state index contributed by atoms with van der Waals surface area (Å²) < 4.78 is 0. The summed E-state index contributed by atoms with van der Waals surface area (Å²) in [7, 11) is 0. The van der Waals surface area contributed by atoms with Crippen molar-refractivity contribution >= 4 is 6.08 Å². The number of allylic oxidation sites excluding steroid dienone is 2. The third-order valence-corrected chi connectivity index (χ3v) is 2.61. The van der Waals surface area contributed by atoms with Crippen molar-refractivity contribution < 1.29 is 0 Å². The fourth-order valence-electron chi connectivity index (χ4n) is 1.75. The molecule has 0 spiro atoms. The van der Waals surface area contributed by atoms with Gasteiger partial charge in [-0.25, -0.2) is 0 Å². The van der Waals surface area contributed by atoms with E-state index in [1.165, 1.54) is 0 Å². The summed E-state index contributed by atoms with van der Waals surface area (Å²) in [5, 5.41) is 0. The minimum absolute atomic E-state index is 0.450. The van der Waals surface area contributed by atoms with E-state index in [0.29, 0.717) is 6.42 Å². The van der Waals surface area contributed by atoms with E-state index in [-0.39, 0.29) is 0 Å². The van der Waals surface area contributed by atoms with E-state index < -0.39 is 5.54 Å². The first-order valence-corrected chi connectivity index (χ1v) is 5.35. The molecule has 0 fully saturated rings. The van der Waals surface area contributed by atoms with Gasteiger partial charge < -0.3 is 11.5 Å². The van der Waals surface area contributed by atoms with Crippen LogP contribution < -0.4 is 11.5 Å². The lowest BCUT2D eigenvalue weighted by atomic mass is 9.89. The first-order valence-electron chi connectivity index (χ1n) is 5.35. The minimum Gasteiger partial charge on any atom is -0.402 e. The lowest BCUT2D eigenvalue weighted by molar-refractivity contribution is 0.636. The van der Waals surface area contributed by atoms with E-state index in [1.807, 2.05) is 60.7 Å². The van der Waals surface area contributed by atoms with E-state index in [0.717, 1.165) is 11.3 Å². The second-order valence-corrected chi connectivity index (χ2v) is 4.13. The predicted octanol–water partition coefficient (Wildman–Crippen LogP) is 2.20. The van der Waals surface area contributed by atoms with E-state index in [4.69, 9.17) is 11.5 Å². The SMILES string of the molecule is NC1=CC=CC(N)(C=Cc2ccccc2)C1. The quantitative estimate of drug-likeness (QED) is 0.789. The summed E-state index contributed by atoms with van der Waals surface area (Å²) in [5.41, 5.74) is 13.5. The Balaban J connectivity index is 2.13. The molecule has 0 saturated carbocycles. The summed E-state index contributed by atoms with van der Waals surface area (Å²) in [4.78, 5) is 0. The Kier molecular flexibility index (Phi) is 2.93. The van der Waals surface area contributed by atoms with Crippen molar-refractivity contribution in [1.82, 2.24) is 0 Å². The van der Waals surface area contributed by atoms with E-state index in [9.17, 15) is 0 Å². The molecule has 0 heterocycles. The molecular formula is C14H16N2. The molecule has 0 aliphatic heterocycles. The lowest BCUT2D eigenvalue weighted by Crippen LogP contribution is -2.37. The van der Waals surface area contributed by atoms with Crippen molar-refractivity contribution in [3.05, 3.63) is 65.9 Å². The number of nitrogens with two attached hydrogens (primary N) is 2. The number of benzene rings is 1. The lowest BCUT2D eigenvalue weighted by Gasteiger charge is -2.24. The Morgan fingerprint density at radius 3 is 2.62 bits per heavy atom. The van der Waals surface area contributed by atoms with Gasteiger partial charge in [0.05, 0.1) is 5.54 Å². The van der Waals surface area contributed by atoms with E-state index in [1.54, 1.807) is 0 Å². The monoisotopic (exact) mass is 212 g/mol. The van der Waals surface area contributed by atoms with Crippen molar-refractivity contribution in [2.24, 2.45) is 11.5 Å². The molecule has 16 heavy (non-hydrogen) atoms. The van der Waals surface area contributed by atoms with E-state index in [2.05, 4.69) is 0 Å². The predicted molar refractivity (Wildman–Crippen MR) is 68.4 cm³/mol. The van der Waals surface area contributed by atoms with Gasteiger partial charge in [0.2, 0.25) is 0 Å². The zero-order valence-electron chi connectivity index (χ0n) is 9.14. The molecule has 2 nitrogen and oxygen atoms in total. The summed E-state index contributed by atoms with van der Waals surface area (Å²) in [6.07, 6.45) is 10.5. The van der Waals surface area contributed by atoms with Gasteiger partial charge in [-0.2, -0.15) is 0 Å². The van der Waals surface area contributed by atoms with Crippen LogP contribution >= 0.6 is 0 Å². The second kappa shape index (κ2) is 4.37. The first-order chi connectivity index (χ1) is 7.68. The van der Waals surface area contributed by atoms with Crippen molar-refractivity contribution in [1.29, 1.82) is 0 Å². The van der Waals surface area contributed by atoms with Crippen LogP contribution in [0.25, 0.3) is 6.08 Å². The molecule has 1 aromatic carbocycles. The van der Waals surface area contributed by atoms with Crippen molar-refractivity contribution in [2.75, 3.05) is 0 Å². The Hall–Kier alpha value is -1.80. The third kappa shape index (κ3) is 2.61. The number of rotatable bonds is 2. The molecule has 0 bridgehead atoms. The molecule has 2 rings (SSSR count). The van der Waals surface area contributed by atoms with Crippen molar-refractivity contribution in [3.8, 4) is 0 Å². The maximum absolute atomic E-state index is 6.20. The molecule has 0 amide bonds. The first kappa shape index (κ1) is 10.7. The molecule has 0 radical (unpaired) electrons. The van der Waals surface area contributed by atoms with Gasteiger partial charge in [0.25, 0.3) is 0 Å². The highest BCUT2D eigenvalue weighted by molar-refractivity contribution is 5.52. The van der Waals surface area contributed by atoms with Gasteiger partial charge in [0, 0.05) is 12.1 Å². The topological polar surface area (TPSA) is 52.0 Å². The third-order valence-electron chi connectivity index (χ3n) is 2.61. The Morgan fingerprint density at radius 1 is 1.19 bits per heavy atom. The van der Waals surface area contributed by atoms with Gasteiger partial charge in [0.15, 0.2) is 0 Å². The van der Waals surface area contributed by atoms with Gasteiger partial charge in [-0.15, -0.1) is 0 Å². The summed E-state index contributed by atoms with van der Waals surface area (Å²) in [6, 6.07) is 10.1. The highest BCUT2D eigenvalue weighted by Gasteiger charge is 2.20. The fourth-order valence-corrected chi connectivity index (χ4v) is 1.75. The van der Waals surface area contributed by atoms with E-state index >= 15 is 0 Å². The summed E-state index contributed by atoms with van der Waals surface area (Å²) in [6.45, 7) is 0. The number of hydrogen-bond acceptors (Lipinski definition) is 2.